The second-order valence-corrected chi connectivity index (χ2v) is 6.52. The van der Waals surface area contributed by atoms with Gasteiger partial charge in [-0.15, -0.1) is 0 Å². The predicted molar refractivity (Wildman–Crippen MR) is 86.1 cm³/mol. The molecule has 23 heavy (non-hydrogen) atoms. The topological polar surface area (TPSA) is 115 Å². The van der Waals surface area contributed by atoms with Crippen molar-refractivity contribution < 1.29 is 25.2 Å². The summed E-state index contributed by atoms with van der Waals surface area (Å²) >= 11 is 0. The number of hydrogen-bond donors (Lipinski definition) is 5. The minimum absolute atomic E-state index is 0.269. The van der Waals surface area contributed by atoms with Crippen LogP contribution in [0.1, 0.15) is 51.9 Å². The molecule has 0 spiro atoms. The zero-order valence-corrected chi connectivity index (χ0v) is 13.8. The fourth-order valence-electron chi connectivity index (χ4n) is 3.17. The van der Waals surface area contributed by atoms with E-state index in [0.29, 0.717) is 6.54 Å². The van der Waals surface area contributed by atoms with Crippen molar-refractivity contribution in [3.63, 3.8) is 0 Å². The monoisotopic (exact) mass is 330 g/mol. The highest BCUT2D eigenvalue weighted by Crippen LogP contribution is 2.27. The summed E-state index contributed by atoms with van der Waals surface area (Å²) in [6.45, 7) is 2.82. The van der Waals surface area contributed by atoms with Gasteiger partial charge in [0, 0.05) is 6.54 Å². The summed E-state index contributed by atoms with van der Waals surface area (Å²) in [7, 11) is 0. The number of nitrogens with zero attached hydrogens (tertiary/aromatic N) is 1. The van der Waals surface area contributed by atoms with Gasteiger partial charge in [0.05, 0.1) is 6.04 Å². The van der Waals surface area contributed by atoms with Crippen LogP contribution in [0.15, 0.2) is 4.99 Å². The molecule has 2 aliphatic rings. The number of aliphatic imine (C=N–C) groups is 1. The molecule has 0 aromatic rings. The lowest BCUT2D eigenvalue weighted by atomic mass is 9.84. The normalized spacial score (nSPS) is 38.2. The molecule has 7 heteroatoms. The Labute approximate surface area is 137 Å². The fraction of sp³-hybridized carbons (Fsp3) is 0.938. The molecule has 7 nitrogen and oxygen atoms in total. The molecule has 1 saturated heterocycles. The third-order valence-corrected chi connectivity index (χ3v) is 4.66. The van der Waals surface area contributed by atoms with Gasteiger partial charge >= 0.3 is 0 Å². The SMILES string of the molecule is CCCCCCCCCN=C1N[C@@H]2[C@H](O)[C@@H](O)[C@H](O)[C@@H](O)[C@@H]2O1. The number of amidine groups is 1. The highest BCUT2D eigenvalue weighted by atomic mass is 16.5. The first kappa shape index (κ1) is 18.4. The summed E-state index contributed by atoms with van der Waals surface area (Å²) in [5, 5.41) is 42.1. The molecule has 0 bridgehead atoms. The van der Waals surface area contributed by atoms with Crippen LogP contribution in [0.4, 0.5) is 0 Å². The van der Waals surface area contributed by atoms with Crippen molar-refractivity contribution in [1.82, 2.24) is 5.32 Å². The molecule has 1 aliphatic carbocycles. The van der Waals surface area contributed by atoms with E-state index in [2.05, 4.69) is 17.2 Å². The summed E-state index contributed by atoms with van der Waals surface area (Å²) in [6.07, 6.45) is 2.32. The van der Waals surface area contributed by atoms with Crippen LogP contribution in [0.5, 0.6) is 0 Å². The van der Waals surface area contributed by atoms with Crippen LogP contribution in [0, 0.1) is 0 Å². The lowest BCUT2D eigenvalue weighted by molar-refractivity contribution is -0.174. The van der Waals surface area contributed by atoms with E-state index in [0.717, 1.165) is 12.8 Å². The van der Waals surface area contributed by atoms with Crippen molar-refractivity contribution in [3.05, 3.63) is 0 Å². The highest BCUT2D eigenvalue weighted by molar-refractivity contribution is 5.76. The van der Waals surface area contributed by atoms with E-state index in [4.69, 9.17) is 4.74 Å². The first-order valence-corrected chi connectivity index (χ1v) is 8.76. The molecule has 1 heterocycles. The number of rotatable bonds is 8. The summed E-state index contributed by atoms with van der Waals surface area (Å²) in [4.78, 5) is 4.30. The molecule has 0 unspecified atom stereocenters. The molecule has 0 amide bonds. The zero-order valence-electron chi connectivity index (χ0n) is 13.8. The largest absolute Gasteiger partial charge is 0.457 e. The smallest absolute Gasteiger partial charge is 0.285 e. The Morgan fingerprint density at radius 3 is 2.17 bits per heavy atom. The molecule has 1 aliphatic heterocycles. The molecule has 134 valence electrons. The number of aliphatic hydroxyl groups excluding tert-OH is 4. The molecule has 5 N–H and O–H groups in total. The molecule has 0 aromatic heterocycles. The van der Waals surface area contributed by atoms with Crippen LogP contribution in [-0.2, 0) is 4.74 Å². The first-order valence-electron chi connectivity index (χ1n) is 8.76. The summed E-state index contributed by atoms with van der Waals surface area (Å²) < 4.78 is 5.48. The Hall–Kier alpha value is -0.890. The van der Waals surface area contributed by atoms with Gasteiger partial charge in [-0.3, -0.25) is 0 Å². The molecule has 2 rings (SSSR count). The van der Waals surface area contributed by atoms with Gasteiger partial charge in [-0.1, -0.05) is 45.4 Å². The van der Waals surface area contributed by atoms with Gasteiger partial charge in [-0.05, 0) is 6.42 Å². The number of nitrogens with one attached hydrogen (secondary N) is 1. The number of ether oxygens (including phenoxy) is 1. The molecule has 6 atom stereocenters. The third-order valence-electron chi connectivity index (χ3n) is 4.66. The van der Waals surface area contributed by atoms with E-state index < -0.39 is 36.6 Å². The van der Waals surface area contributed by atoms with Crippen LogP contribution >= 0.6 is 0 Å². The Morgan fingerprint density at radius 2 is 1.48 bits per heavy atom. The molecular weight excluding hydrogens is 300 g/mol. The minimum atomic E-state index is -1.42. The molecule has 2 fully saturated rings. The average molecular weight is 330 g/mol. The van der Waals surface area contributed by atoms with E-state index in [1.54, 1.807) is 0 Å². The van der Waals surface area contributed by atoms with Gasteiger partial charge in [-0.25, -0.2) is 4.99 Å². The van der Waals surface area contributed by atoms with Crippen LogP contribution in [0.3, 0.4) is 0 Å². The molecule has 0 radical (unpaired) electrons. The number of hydrogen-bond acceptors (Lipinski definition) is 6. The summed E-state index contributed by atoms with van der Waals surface area (Å²) in [6, 6.07) is -0.387. The third kappa shape index (κ3) is 4.56. The van der Waals surface area contributed by atoms with Crippen molar-refractivity contribution in [2.45, 2.75) is 88.4 Å². The second-order valence-electron chi connectivity index (χ2n) is 6.52. The van der Waals surface area contributed by atoms with Gasteiger partial charge < -0.3 is 30.5 Å². The van der Waals surface area contributed by atoms with Gasteiger partial charge in [0.15, 0.2) is 6.10 Å². The maximum atomic E-state index is 9.95. The summed E-state index contributed by atoms with van der Waals surface area (Å²) in [5.74, 6) is 0. The van der Waals surface area contributed by atoms with Crippen LogP contribution in [0.2, 0.25) is 0 Å². The number of aliphatic hydroxyl groups is 4. The highest BCUT2D eigenvalue weighted by Gasteiger charge is 2.53. The maximum Gasteiger partial charge on any atom is 0.285 e. The quantitative estimate of drug-likeness (QED) is 0.397. The van der Waals surface area contributed by atoms with E-state index in [9.17, 15) is 20.4 Å². The minimum Gasteiger partial charge on any atom is -0.457 e. The Bertz CT molecular complexity index is 369. The van der Waals surface area contributed by atoms with E-state index in [-0.39, 0.29) is 6.02 Å². The average Bonchev–Trinajstić information content (AvgIpc) is 2.98. The maximum absolute atomic E-state index is 9.95. The van der Waals surface area contributed by atoms with Gasteiger partial charge in [0.25, 0.3) is 6.02 Å². The van der Waals surface area contributed by atoms with Gasteiger partial charge in [0.1, 0.15) is 24.4 Å². The number of fused-ring (bicyclic) bond motifs is 1. The molecule has 0 aromatic carbocycles. The number of unbranched alkanes of at least 4 members (excludes halogenated alkanes) is 6. The van der Waals surface area contributed by atoms with Crippen LogP contribution < -0.4 is 5.32 Å². The fourth-order valence-corrected chi connectivity index (χ4v) is 3.17. The van der Waals surface area contributed by atoms with E-state index in [1.165, 1.54) is 32.1 Å². The van der Waals surface area contributed by atoms with Crippen LogP contribution in [-0.4, -0.2) is 69.6 Å². The van der Waals surface area contributed by atoms with Crippen LogP contribution in [0.25, 0.3) is 0 Å². The Kier molecular flexibility index (Phi) is 7.08. The van der Waals surface area contributed by atoms with Crippen molar-refractivity contribution >= 4 is 6.02 Å². The summed E-state index contributed by atoms with van der Waals surface area (Å²) in [5.41, 5.74) is 0. The molecule has 1 saturated carbocycles. The zero-order chi connectivity index (χ0) is 16.8. The molecular formula is C16H30N2O5. The lowest BCUT2D eigenvalue weighted by Gasteiger charge is -2.38. The predicted octanol–water partition coefficient (Wildman–Crippen LogP) is -0.0928. The van der Waals surface area contributed by atoms with Crippen molar-refractivity contribution in [2.75, 3.05) is 6.54 Å². The van der Waals surface area contributed by atoms with E-state index in [1.807, 2.05) is 0 Å². The van der Waals surface area contributed by atoms with Crippen molar-refractivity contribution in [3.8, 4) is 0 Å². The Morgan fingerprint density at radius 1 is 0.870 bits per heavy atom. The standard InChI is InChI=1S/C16H30N2O5/c1-2-3-4-5-6-7-8-9-17-16-18-10-11(19)12(20)13(21)14(22)15(10)23-16/h10-15,19-22H,2-9H2,1H3,(H,17,18)/t10-,11+,12-,13+,14-,15-/m1/s1. The van der Waals surface area contributed by atoms with Crippen molar-refractivity contribution in [1.29, 1.82) is 0 Å². The van der Waals surface area contributed by atoms with E-state index >= 15 is 0 Å². The van der Waals surface area contributed by atoms with Gasteiger partial charge in [0.2, 0.25) is 0 Å². The lowest BCUT2D eigenvalue weighted by Crippen LogP contribution is -2.64. The Balaban J connectivity index is 1.72. The van der Waals surface area contributed by atoms with Crippen molar-refractivity contribution in [2.24, 2.45) is 4.99 Å². The van der Waals surface area contributed by atoms with Gasteiger partial charge in [-0.2, -0.15) is 0 Å². The first-order chi connectivity index (χ1) is 11.1. The second kappa shape index (κ2) is 8.82.